The van der Waals surface area contributed by atoms with Gasteiger partial charge in [0.05, 0.1) is 40.8 Å². The van der Waals surface area contributed by atoms with Crippen LogP contribution >= 0.6 is 0 Å². The molecule has 1 atom stereocenters. The Kier molecular flexibility index (Phi) is 13.2. The van der Waals surface area contributed by atoms with Crippen LogP contribution < -0.4 is 11.0 Å². The van der Waals surface area contributed by atoms with Crippen LogP contribution in [0.25, 0.3) is 22.5 Å². The van der Waals surface area contributed by atoms with Crippen molar-refractivity contribution in [2.24, 2.45) is 18.9 Å². The van der Waals surface area contributed by atoms with E-state index in [1.165, 1.54) is 34.4 Å². The maximum atomic E-state index is 14.1. The molecule has 1 amide bonds. The zero-order valence-corrected chi connectivity index (χ0v) is 35.2. The van der Waals surface area contributed by atoms with Crippen molar-refractivity contribution in [2.45, 2.75) is 95.6 Å². The first-order valence-electron chi connectivity index (χ1n) is 21.6. The SMILES string of the molecule is CN(CCCOCC#Cc1cccc2c1n(C)c(=O)n2C1CCC(=O)CC1=O)CC1CCC(n2cc(NC(=O)c3coc(-c4ccnc(CCC5CC5)c4)n3)c(C(F)F)n2)CC1. The fraction of sp³-hybridized carbons (Fsp3) is 0.500. The third kappa shape index (κ3) is 9.95. The van der Waals surface area contributed by atoms with Crippen LogP contribution in [-0.4, -0.2) is 84.6 Å². The van der Waals surface area contributed by atoms with Crippen LogP contribution in [0, 0.1) is 23.7 Å². The van der Waals surface area contributed by atoms with Crippen LogP contribution in [-0.2, 0) is 27.8 Å². The van der Waals surface area contributed by atoms with Gasteiger partial charge in [0.25, 0.3) is 12.3 Å². The lowest BCUT2D eigenvalue weighted by Gasteiger charge is -2.31. The third-order valence-electron chi connectivity index (χ3n) is 12.4. The number of aromatic nitrogens is 6. The van der Waals surface area contributed by atoms with E-state index in [1.54, 1.807) is 30.1 Å². The van der Waals surface area contributed by atoms with Crippen LogP contribution in [0.4, 0.5) is 14.5 Å². The number of carbonyl (C=O) groups is 3. The Morgan fingerprint density at radius 1 is 1.08 bits per heavy atom. The highest BCUT2D eigenvalue weighted by atomic mass is 19.3. The first-order valence-corrected chi connectivity index (χ1v) is 21.6. The first-order chi connectivity index (χ1) is 30.0. The van der Waals surface area contributed by atoms with E-state index in [9.17, 15) is 28.0 Å². The molecule has 0 bridgehead atoms. The van der Waals surface area contributed by atoms with Gasteiger partial charge in [0.15, 0.2) is 17.2 Å². The predicted octanol–water partition coefficient (Wildman–Crippen LogP) is 7.10. The molecule has 16 heteroatoms. The number of ketones is 2. The number of halogens is 2. The molecule has 0 radical (unpaired) electrons. The number of alkyl halides is 2. The average molecular weight is 851 g/mol. The number of amides is 1. The molecule has 1 unspecified atom stereocenters. The number of carbonyl (C=O) groups excluding carboxylic acids is 3. The molecule has 3 aliphatic carbocycles. The zero-order valence-electron chi connectivity index (χ0n) is 35.2. The van der Waals surface area contributed by atoms with Crippen molar-refractivity contribution in [3.63, 3.8) is 0 Å². The maximum Gasteiger partial charge on any atom is 0.329 e. The van der Waals surface area contributed by atoms with E-state index >= 15 is 0 Å². The van der Waals surface area contributed by atoms with Crippen molar-refractivity contribution in [1.82, 2.24) is 33.8 Å². The van der Waals surface area contributed by atoms with Gasteiger partial charge >= 0.3 is 5.69 Å². The Bertz CT molecular complexity index is 2550. The summed E-state index contributed by atoms with van der Waals surface area (Å²) < 4.78 is 44.3. The van der Waals surface area contributed by atoms with Crippen molar-refractivity contribution >= 4 is 34.2 Å². The second kappa shape index (κ2) is 19.1. The van der Waals surface area contributed by atoms with Gasteiger partial charge in [0.1, 0.15) is 18.7 Å². The summed E-state index contributed by atoms with van der Waals surface area (Å²) in [5.41, 5.74) is 2.74. The van der Waals surface area contributed by atoms with Gasteiger partial charge in [-0.15, -0.1) is 0 Å². The van der Waals surface area contributed by atoms with Crippen molar-refractivity contribution in [2.75, 3.05) is 38.7 Å². The molecular weight excluding hydrogens is 799 g/mol. The quantitative estimate of drug-likeness (QED) is 0.0617. The van der Waals surface area contributed by atoms with Gasteiger partial charge < -0.3 is 19.4 Å². The lowest BCUT2D eigenvalue weighted by molar-refractivity contribution is -0.132. The highest BCUT2D eigenvalue weighted by Gasteiger charge is 2.32. The minimum atomic E-state index is -2.87. The number of Topliss-reactive ketones (excluding diaryl/α,β-unsaturated/α-hetero) is 2. The summed E-state index contributed by atoms with van der Waals surface area (Å²) in [6, 6.07) is 8.42. The molecule has 0 saturated heterocycles. The van der Waals surface area contributed by atoms with Crippen molar-refractivity contribution in [3.8, 4) is 23.3 Å². The molecule has 0 aliphatic heterocycles. The molecule has 1 aromatic carbocycles. The van der Waals surface area contributed by atoms with E-state index in [0.29, 0.717) is 41.1 Å². The number of fused-ring (bicyclic) bond motifs is 1. The summed E-state index contributed by atoms with van der Waals surface area (Å²) >= 11 is 0. The summed E-state index contributed by atoms with van der Waals surface area (Å²) in [5, 5.41) is 6.82. The van der Waals surface area contributed by atoms with Gasteiger partial charge in [-0.25, -0.2) is 18.6 Å². The number of pyridine rings is 1. The highest BCUT2D eigenvalue weighted by molar-refractivity contribution is 6.04. The number of hydrogen-bond donors (Lipinski definition) is 1. The van der Waals surface area contributed by atoms with Gasteiger partial charge in [0, 0.05) is 56.8 Å². The van der Waals surface area contributed by atoms with E-state index in [1.807, 2.05) is 18.2 Å². The number of oxazole rings is 1. The monoisotopic (exact) mass is 850 g/mol. The molecular formula is C46H52F2N8O6. The molecule has 5 aromatic rings. The van der Waals surface area contributed by atoms with E-state index < -0.39 is 24.1 Å². The second-order valence-corrected chi connectivity index (χ2v) is 17.0. The van der Waals surface area contributed by atoms with E-state index in [0.717, 1.165) is 69.6 Å². The van der Waals surface area contributed by atoms with E-state index in [4.69, 9.17) is 9.15 Å². The summed E-state index contributed by atoms with van der Waals surface area (Å²) in [4.78, 5) is 61.9. The topological polar surface area (TPSA) is 159 Å². The average Bonchev–Trinajstić information content (AvgIpc) is 3.66. The molecule has 326 valence electrons. The third-order valence-corrected chi connectivity index (χ3v) is 12.4. The summed E-state index contributed by atoms with van der Waals surface area (Å²) in [6.45, 7) is 2.50. The Morgan fingerprint density at radius 2 is 1.89 bits per heavy atom. The standard InChI is InChI=1S/C46H52F2N8O6/c1-53(21-5-23-61-22-4-7-31-6-3-8-39-42(31)54(2)46(60)56(39)38-18-17-35(57)25-40(38)58)26-30-12-15-34(16-13-30)55-27-36(41(52-55)43(47)48)50-44(59)37-28-62-45(51-37)32-19-20-49-33(24-32)14-11-29-9-10-29/h3,6,8,19-20,24,27-30,34,38,43H,5,9-18,21-23,25-26H2,1-2H3,(H,50,59). The van der Waals surface area contributed by atoms with Crippen molar-refractivity contribution in [3.05, 3.63) is 82.1 Å². The number of anilines is 1. The van der Waals surface area contributed by atoms with Crippen LogP contribution in [0.15, 0.2) is 58.2 Å². The normalized spacial score (nSPS) is 19.4. The molecule has 1 N–H and O–H groups in total. The summed E-state index contributed by atoms with van der Waals surface area (Å²) in [7, 11) is 3.75. The fourth-order valence-corrected chi connectivity index (χ4v) is 8.84. The molecule has 0 spiro atoms. The van der Waals surface area contributed by atoms with E-state index in [-0.39, 0.29) is 60.0 Å². The molecule has 62 heavy (non-hydrogen) atoms. The number of ether oxygens (including phenoxy) is 1. The van der Waals surface area contributed by atoms with Gasteiger partial charge in [-0.05, 0) is 94.5 Å². The van der Waals surface area contributed by atoms with Gasteiger partial charge in [0.2, 0.25) is 5.89 Å². The second-order valence-electron chi connectivity index (χ2n) is 17.0. The van der Waals surface area contributed by atoms with Gasteiger partial charge in [-0.3, -0.25) is 33.2 Å². The molecule has 3 fully saturated rings. The first kappa shape index (κ1) is 42.9. The number of para-hydroxylation sites is 1. The Labute approximate surface area is 358 Å². The number of imidazole rings is 1. The molecule has 4 heterocycles. The lowest BCUT2D eigenvalue weighted by atomic mass is 9.86. The smallest absolute Gasteiger partial charge is 0.329 e. The Balaban J connectivity index is 0.771. The minimum absolute atomic E-state index is 0.0164. The lowest BCUT2D eigenvalue weighted by Crippen LogP contribution is -2.34. The molecule has 14 nitrogen and oxygen atoms in total. The zero-order chi connectivity index (χ0) is 43.3. The Hall–Kier alpha value is -5.79. The van der Waals surface area contributed by atoms with Crippen LogP contribution in [0.2, 0.25) is 0 Å². The van der Waals surface area contributed by atoms with E-state index in [2.05, 4.69) is 44.2 Å². The number of nitrogens with one attached hydrogen (secondary N) is 1. The van der Waals surface area contributed by atoms with Gasteiger partial charge in [-0.2, -0.15) is 5.10 Å². The number of hydrogen-bond acceptors (Lipinski definition) is 10. The summed E-state index contributed by atoms with van der Waals surface area (Å²) in [6.07, 6.45) is 10.7. The fourth-order valence-electron chi connectivity index (χ4n) is 8.84. The number of rotatable bonds is 16. The number of nitrogens with zero attached hydrogens (tertiary/aromatic N) is 7. The molecule has 8 rings (SSSR count). The molecule has 3 saturated carbocycles. The number of benzene rings is 1. The van der Waals surface area contributed by atoms with Crippen molar-refractivity contribution in [1.29, 1.82) is 0 Å². The molecule has 3 aliphatic rings. The van der Waals surface area contributed by atoms with Crippen LogP contribution in [0.3, 0.4) is 0 Å². The summed E-state index contributed by atoms with van der Waals surface area (Å²) in [5.74, 6) is 6.71. The van der Waals surface area contributed by atoms with Crippen LogP contribution in [0.5, 0.6) is 0 Å². The largest absolute Gasteiger partial charge is 0.444 e. The highest BCUT2D eigenvalue weighted by Crippen LogP contribution is 2.36. The Morgan fingerprint density at radius 3 is 2.66 bits per heavy atom. The van der Waals surface area contributed by atoms with Crippen LogP contribution in [0.1, 0.15) is 117 Å². The molecule has 4 aromatic heterocycles. The predicted molar refractivity (Wildman–Crippen MR) is 227 cm³/mol. The van der Waals surface area contributed by atoms with Crippen molar-refractivity contribution < 1.29 is 32.3 Å². The maximum absolute atomic E-state index is 14.1. The van der Waals surface area contributed by atoms with Gasteiger partial charge in [-0.1, -0.05) is 30.7 Å². The number of aryl methyl sites for hydroxylation is 2. The minimum Gasteiger partial charge on any atom is -0.444 e.